The van der Waals surface area contributed by atoms with Crippen molar-refractivity contribution in [2.75, 3.05) is 6.54 Å². The van der Waals surface area contributed by atoms with Gasteiger partial charge in [0.2, 0.25) is 0 Å². The van der Waals surface area contributed by atoms with Crippen molar-refractivity contribution in [1.29, 1.82) is 0 Å². The van der Waals surface area contributed by atoms with Crippen LogP contribution in [0.5, 0.6) is 0 Å². The summed E-state index contributed by atoms with van der Waals surface area (Å²) in [6.07, 6.45) is 5.63. The van der Waals surface area contributed by atoms with Crippen molar-refractivity contribution >= 4 is 5.71 Å². The van der Waals surface area contributed by atoms with E-state index in [1.807, 2.05) is 0 Å². The first-order chi connectivity index (χ1) is 11.2. The van der Waals surface area contributed by atoms with Gasteiger partial charge in [-0.3, -0.25) is 4.99 Å². The van der Waals surface area contributed by atoms with Crippen LogP contribution in [0.2, 0.25) is 0 Å². The molecular formula is C22H25N. The summed E-state index contributed by atoms with van der Waals surface area (Å²) in [5.41, 5.74) is 6.77. The van der Waals surface area contributed by atoms with E-state index >= 15 is 0 Å². The van der Waals surface area contributed by atoms with E-state index in [2.05, 4.69) is 74.5 Å². The van der Waals surface area contributed by atoms with Crippen LogP contribution >= 0.6 is 0 Å². The molecule has 0 spiro atoms. The number of hydrogen-bond donors (Lipinski definition) is 0. The molecule has 0 unspecified atom stereocenters. The maximum atomic E-state index is 5.00. The Hall–Kier alpha value is -2.15. The zero-order valence-corrected chi connectivity index (χ0v) is 14.1. The third kappa shape index (κ3) is 3.98. The number of aryl methyl sites for hydroxylation is 1. The molecule has 0 radical (unpaired) electrons. The van der Waals surface area contributed by atoms with Crippen LogP contribution < -0.4 is 0 Å². The monoisotopic (exact) mass is 303 g/mol. The van der Waals surface area contributed by atoms with E-state index in [1.165, 1.54) is 28.0 Å². The molecule has 0 atom stereocenters. The highest BCUT2D eigenvalue weighted by atomic mass is 14.7. The van der Waals surface area contributed by atoms with Crippen LogP contribution in [-0.2, 0) is 12.8 Å². The largest absolute Gasteiger partial charge is 0.284 e. The van der Waals surface area contributed by atoms with Crippen molar-refractivity contribution in [3.8, 4) is 0 Å². The molecule has 118 valence electrons. The average Bonchev–Trinajstić information content (AvgIpc) is 2.57. The molecule has 23 heavy (non-hydrogen) atoms. The Morgan fingerprint density at radius 1 is 0.957 bits per heavy atom. The molecule has 0 bridgehead atoms. The van der Waals surface area contributed by atoms with Crippen molar-refractivity contribution in [3.63, 3.8) is 0 Å². The highest BCUT2D eigenvalue weighted by Gasteiger charge is 2.19. The van der Waals surface area contributed by atoms with Crippen LogP contribution in [0.15, 0.2) is 71.2 Å². The number of rotatable bonds is 4. The molecular weight excluding hydrogens is 278 g/mol. The minimum atomic E-state index is 0.564. The molecule has 0 heterocycles. The molecule has 0 aromatic heterocycles. The summed E-state index contributed by atoms with van der Waals surface area (Å²) in [6.45, 7) is 5.34. The summed E-state index contributed by atoms with van der Waals surface area (Å²) in [5.74, 6) is 0.564. The summed E-state index contributed by atoms with van der Waals surface area (Å²) < 4.78 is 0. The molecule has 1 heteroatoms. The fourth-order valence-corrected chi connectivity index (χ4v) is 3.22. The van der Waals surface area contributed by atoms with Gasteiger partial charge < -0.3 is 0 Å². The first-order valence-corrected chi connectivity index (χ1v) is 8.62. The second-order valence-corrected chi connectivity index (χ2v) is 6.56. The van der Waals surface area contributed by atoms with Gasteiger partial charge in [0.05, 0.1) is 5.71 Å². The standard InChI is InChI=1S/C22H25N/c1-17(2)16-20-13-12-19-10-6-7-11-21(19)22(20)23-15-14-18-8-4-3-5-9-18/h3-11,16-17H,12-15H2,1-2H3/b20-16-,23-22?. The molecule has 0 amide bonds. The molecule has 1 aliphatic rings. The second kappa shape index (κ2) is 7.41. The summed E-state index contributed by atoms with van der Waals surface area (Å²) in [4.78, 5) is 5.00. The van der Waals surface area contributed by atoms with Crippen LogP contribution in [0.4, 0.5) is 0 Å². The Labute approximate surface area is 139 Å². The quantitative estimate of drug-likeness (QED) is 0.732. The number of hydrogen-bond acceptors (Lipinski definition) is 1. The molecule has 0 N–H and O–H groups in total. The summed E-state index contributed by atoms with van der Waals surface area (Å²) >= 11 is 0. The zero-order valence-electron chi connectivity index (χ0n) is 14.1. The molecule has 0 saturated carbocycles. The predicted octanol–water partition coefficient (Wildman–Crippen LogP) is 5.25. The highest BCUT2D eigenvalue weighted by molar-refractivity contribution is 6.14. The Morgan fingerprint density at radius 2 is 1.70 bits per heavy atom. The third-order valence-electron chi connectivity index (χ3n) is 4.29. The van der Waals surface area contributed by atoms with Gasteiger partial charge in [-0.2, -0.15) is 0 Å². The Kier molecular flexibility index (Phi) is 5.07. The molecule has 2 aromatic rings. The van der Waals surface area contributed by atoms with Gasteiger partial charge in [0.1, 0.15) is 0 Å². The molecule has 0 fully saturated rings. The maximum absolute atomic E-state index is 5.00. The van der Waals surface area contributed by atoms with Crippen molar-refractivity contribution in [2.24, 2.45) is 10.9 Å². The van der Waals surface area contributed by atoms with E-state index in [-0.39, 0.29) is 0 Å². The number of fused-ring (bicyclic) bond motifs is 1. The smallest absolute Gasteiger partial charge is 0.0678 e. The number of allylic oxidation sites excluding steroid dienone is 2. The van der Waals surface area contributed by atoms with Crippen LogP contribution in [-0.4, -0.2) is 12.3 Å². The maximum Gasteiger partial charge on any atom is 0.0678 e. The molecule has 3 rings (SSSR count). The van der Waals surface area contributed by atoms with Gasteiger partial charge in [-0.05, 0) is 41.9 Å². The third-order valence-corrected chi connectivity index (χ3v) is 4.29. The summed E-state index contributed by atoms with van der Waals surface area (Å²) in [6, 6.07) is 19.4. The molecule has 1 aliphatic carbocycles. The van der Waals surface area contributed by atoms with Gasteiger partial charge in [0.15, 0.2) is 0 Å². The van der Waals surface area contributed by atoms with Gasteiger partial charge in [-0.25, -0.2) is 0 Å². The first kappa shape index (κ1) is 15.7. The summed E-state index contributed by atoms with van der Waals surface area (Å²) in [7, 11) is 0. The molecule has 0 saturated heterocycles. The average molecular weight is 303 g/mol. The van der Waals surface area contributed by atoms with Gasteiger partial charge in [0, 0.05) is 12.1 Å². The van der Waals surface area contributed by atoms with Crippen molar-refractivity contribution in [1.82, 2.24) is 0 Å². The van der Waals surface area contributed by atoms with E-state index in [1.54, 1.807) is 0 Å². The lowest BCUT2D eigenvalue weighted by molar-refractivity contribution is 0.809. The first-order valence-electron chi connectivity index (χ1n) is 8.62. The van der Waals surface area contributed by atoms with Gasteiger partial charge >= 0.3 is 0 Å². The normalized spacial score (nSPS) is 17.7. The fourth-order valence-electron chi connectivity index (χ4n) is 3.22. The van der Waals surface area contributed by atoms with Gasteiger partial charge in [-0.1, -0.05) is 74.5 Å². The number of benzene rings is 2. The summed E-state index contributed by atoms with van der Waals surface area (Å²) in [5, 5.41) is 0. The lowest BCUT2D eigenvalue weighted by atomic mass is 9.85. The van der Waals surface area contributed by atoms with Crippen molar-refractivity contribution in [3.05, 3.63) is 82.9 Å². The topological polar surface area (TPSA) is 12.4 Å². The minimum Gasteiger partial charge on any atom is -0.284 e. The molecule has 2 aromatic carbocycles. The lowest BCUT2D eigenvalue weighted by Crippen LogP contribution is -2.16. The van der Waals surface area contributed by atoms with E-state index in [0.717, 1.165) is 25.8 Å². The van der Waals surface area contributed by atoms with E-state index in [9.17, 15) is 0 Å². The minimum absolute atomic E-state index is 0.564. The van der Waals surface area contributed by atoms with Crippen LogP contribution in [0.3, 0.4) is 0 Å². The Balaban J connectivity index is 1.86. The molecule has 1 nitrogen and oxygen atoms in total. The van der Waals surface area contributed by atoms with Crippen LogP contribution in [0, 0.1) is 5.92 Å². The van der Waals surface area contributed by atoms with Crippen LogP contribution in [0.25, 0.3) is 0 Å². The Bertz CT molecular complexity index is 708. The van der Waals surface area contributed by atoms with Crippen molar-refractivity contribution in [2.45, 2.75) is 33.1 Å². The lowest BCUT2D eigenvalue weighted by Gasteiger charge is -2.22. The van der Waals surface area contributed by atoms with Gasteiger partial charge in [-0.15, -0.1) is 0 Å². The van der Waals surface area contributed by atoms with Crippen molar-refractivity contribution < 1.29 is 0 Å². The Morgan fingerprint density at radius 3 is 2.48 bits per heavy atom. The highest BCUT2D eigenvalue weighted by Crippen LogP contribution is 2.27. The van der Waals surface area contributed by atoms with E-state index in [4.69, 9.17) is 4.99 Å². The predicted molar refractivity (Wildman–Crippen MR) is 99.2 cm³/mol. The van der Waals surface area contributed by atoms with Gasteiger partial charge in [0.25, 0.3) is 0 Å². The van der Waals surface area contributed by atoms with E-state index < -0.39 is 0 Å². The zero-order chi connectivity index (χ0) is 16.1. The second-order valence-electron chi connectivity index (χ2n) is 6.56. The number of nitrogens with zero attached hydrogens (tertiary/aromatic N) is 1. The van der Waals surface area contributed by atoms with Crippen LogP contribution in [0.1, 0.15) is 37.0 Å². The number of aliphatic imine (C=N–C) groups is 1. The molecule has 0 aliphatic heterocycles. The van der Waals surface area contributed by atoms with E-state index in [0.29, 0.717) is 5.92 Å². The SMILES string of the molecule is CC(C)/C=C1/CCc2ccccc2C1=NCCc1ccccc1. The fraction of sp³-hybridized carbons (Fsp3) is 0.318.